The second-order valence-electron chi connectivity index (χ2n) is 16.5. The van der Waals surface area contributed by atoms with Crippen LogP contribution in [0.3, 0.4) is 0 Å². The number of rotatable bonds is 9. The van der Waals surface area contributed by atoms with E-state index < -0.39 is 0 Å². The summed E-state index contributed by atoms with van der Waals surface area (Å²) in [5, 5.41) is 2.28. The maximum absolute atomic E-state index is 5.33. The topological polar surface area (TPSA) is 69.4 Å². The predicted molar refractivity (Wildman–Crippen MR) is 273 cm³/mol. The summed E-state index contributed by atoms with van der Waals surface area (Å²) in [5.74, 6) is 2.29. The van der Waals surface area contributed by atoms with Crippen molar-refractivity contribution in [3.05, 3.63) is 243 Å². The van der Waals surface area contributed by atoms with Gasteiger partial charge in [-0.15, -0.1) is 0 Å². The number of hydrogen-bond donors (Lipinski definition) is 0. The molecule has 3 aromatic heterocycles. The fraction of sp³-hybridized carbons (Fsp3) is 0. The summed E-state index contributed by atoms with van der Waals surface area (Å²) in [6, 6.07) is 84.1. The van der Waals surface area contributed by atoms with Crippen LogP contribution in [0.2, 0.25) is 0 Å². The Morgan fingerprint density at radius 1 is 0.239 bits per heavy atom. The van der Waals surface area contributed by atoms with Crippen molar-refractivity contribution in [3.63, 3.8) is 0 Å². The summed E-state index contributed by atoms with van der Waals surface area (Å²) < 4.78 is 2.36. The molecule has 0 spiro atoms. The highest BCUT2D eigenvalue weighted by molar-refractivity contribution is 6.12. The van der Waals surface area contributed by atoms with Gasteiger partial charge in [0.1, 0.15) is 0 Å². The average Bonchev–Trinajstić information content (AvgIpc) is 3.74. The molecule has 0 fully saturated rings. The largest absolute Gasteiger partial charge is 0.308 e. The zero-order chi connectivity index (χ0) is 44.5. The van der Waals surface area contributed by atoms with E-state index in [-0.39, 0.29) is 0 Å². The van der Waals surface area contributed by atoms with Crippen LogP contribution in [-0.4, -0.2) is 29.5 Å². The van der Waals surface area contributed by atoms with E-state index in [2.05, 4.69) is 150 Å². The van der Waals surface area contributed by atoms with E-state index in [1.165, 1.54) is 0 Å². The first-order valence-corrected chi connectivity index (χ1v) is 22.4. The van der Waals surface area contributed by atoms with E-state index in [9.17, 15) is 0 Å². The SMILES string of the molecule is c1ccc(-c2ccc3c(c2)c2cc(-c4ccccc4)ccc2n3-c2ccc(-c3nc(-c4ccccc4)cc(-c4ccccc4)n3)cc2-c2nc(-c3ccccc3)nc(-c3ccccc3)n2)cc1. The first-order chi connectivity index (χ1) is 33.2. The molecule has 3 heterocycles. The Morgan fingerprint density at radius 3 is 1.03 bits per heavy atom. The third-order valence-electron chi connectivity index (χ3n) is 12.3. The maximum Gasteiger partial charge on any atom is 0.166 e. The number of aromatic nitrogens is 6. The van der Waals surface area contributed by atoms with E-state index in [0.717, 1.165) is 94.5 Å². The van der Waals surface area contributed by atoms with Crippen LogP contribution in [0.15, 0.2) is 243 Å². The predicted octanol–water partition coefficient (Wildman–Crippen LogP) is 15.1. The average molecular weight is 857 g/mol. The molecule has 0 aliphatic heterocycles. The van der Waals surface area contributed by atoms with Crippen LogP contribution >= 0.6 is 0 Å². The van der Waals surface area contributed by atoms with Gasteiger partial charge >= 0.3 is 0 Å². The Bertz CT molecular complexity index is 3500. The van der Waals surface area contributed by atoms with Crippen molar-refractivity contribution in [1.29, 1.82) is 0 Å². The van der Waals surface area contributed by atoms with Crippen LogP contribution in [0.25, 0.3) is 118 Å². The van der Waals surface area contributed by atoms with Crippen molar-refractivity contribution >= 4 is 21.8 Å². The minimum absolute atomic E-state index is 0.531. The van der Waals surface area contributed by atoms with Gasteiger partial charge in [0.15, 0.2) is 23.3 Å². The Kier molecular flexibility index (Phi) is 10.1. The number of fused-ring (bicyclic) bond motifs is 3. The zero-order valence-electron chi connectivity index (χ0n) is 36.3. The van der Waals surface area contributed by atoms with Crippen molar-refractivity contribution in [3.8, 4) is 96.0 Å². The van der Waals surface area contributed by atoms with Gasteiger partial charge in [-0.2, -0.15) is 0 Å². The summed E-state index contributed by atoms with van der Waals surface area (Å²) in [6.45, 7) is 0. The second-order valence-corrected chi connectivity index (χ2v) is 16.5. The molecular weight excluding hydrogens is 817 g/mol. The van der Waals surface area contributed by atoms with Gasteiger partial charge in [0.25, 0.3) is 0 Å². The Balaban J connectivity index is 1.15. The molecule has 12 rings (SSSR count). The highest BCUT2D eigenvalue weighted by Gasteiger charge is 2.22. The molecule has 6 heteroatoms. The molecule has 12 aromatic rings. The van der Waals surface area contributed by atoms with Gasteiger partial charge in [-0.1, -0.05) is 194 Å². The summed E-state index contributed by atoms with van der Waals surface area (Å²) >= 11 is 0. The monoisotopic (exact) mass is 856 g/mol. The van der Waals surface area contributed by atoms with Crippen LogP contribution in [0.5, 0.6) is 0 Å². The molecule has 0 atom stereocenters. The molecule has 9 aromatic carbocycles. The lowest BCUT2D eigenvalue weighted by atomic mass is 10.0. The summed E-state index contributed by atoms with van der Waals surface area (Å²) in [6.07, 6.45) is 0. The highest BCUT2D eigenvalue weighted by atomic mass is 15.1. The maximum atomic E-state index is 5.33. The first-order valence-electron chi connectivity index (χ1n) is 22.4. The molecule has 0 saturated heterocycles. The third-order valence-corrected chi connectivity index (χ3v) is 12.3. The van der Waals surface area contributed by atoms with E-state index in [4.69, 9.17) is 24.9 Å². The summed E-state index contributed by atoms with van der Waals surface area (Å²) in [5.41, 5.74) is 14.8. The molecule has 314 valence electrons. The van der Waals surface area contributed by atoms with Gasteiger partial charge in [-0.25, -0.2) is 24.9 Å². The fourth-order valence-corrected chi connectivity index (χ4v) is 8.97. The minimum Gasteiger partial charge on any atom is -0.308 e. The van der Waals surface area contributed by atoms with Crippen molar-refractivity contribution in [1.82, 2.24) is 29.5 Å². The van der Waals surface area contributed by atoms with E-state index in [1.807, 2.05) is 97.1 Å². The van der Waals surface area contributed by atoms with Gasteiger partial charge in [0.2, 0.25) is 0 Å². The quantitative estimate of drug-likeness (QED) is 0.145. The lowest BCUT2D eigenvalue weighted by Crippen LogP contribution is -2.04. The molecule has 0 radical (unpaired) electrons. The van der Waals surface area contributed by atoms with Gasteiger partial charge in [-0.3, -0.25) is 0 Å². The highest BCUT2D eigenvalue weighted by Crippen LogP contribution is 2.41. The molecule has 0 bridgehead atoms. The van der Waals surface area contributed by atoms with E-state index in [1.54, 1.807) is 0 Å². The Morgan fingerprint density at radius 2 is 0.597 bits per heavy atom. The molecule has 0 N–H and O–H groups in total. The first kappa shape index (κ1) is 39.5. The molecule has 0 aliphatic rings. The van der Waals surface area contributed by atoms with Crippen LogP contribution in [0, 0.1) is 0 Å². The fourth-order valence-electron chi connectivity index (χ4n) is 8.97. The molecule has 0 amide bonds. The second kappa shape index (κ2) is 17.1. The van der Waals surface area contributed by atoms with Gasteiger partial charge in [-0.05, 0) is 70.8 Å². The molecule has 0 unspecified atom stereocenters. The third kappa shape index (κ3) is 7.62. The summed E-state index contributed by atoms with van der Waals surface area (Å²) in [7, 11) is 0. The van der Waals surface area contributed by atoms with Crippen molar-refractivity contribution in [2.75, 3.05) is 0 Å². The molecular formula is C61H40N6. The number of nitrogens with zero attached hydrogens (tertiary/aromatic N) is 6. The van der Waals surface area contributed by atoms with E-state index in [0.29, 0.717) is 23.3 Å². The van der Waals surface area contributed by atoms with Gasteiger partial charge in [0, 0.05) is 44.2 Å². The van der Waals surface area contributed by atoms with Crippen LogP contribution < -0.4 is 0 Å². The normalized spacial score (nSPS) is 11.3. The van der Waals surface area contributed by atoms with Crippen molar-refractivity contribution < 1.29 is 0 Å². The lowest BCUT2D eigenvalue weighted by Gasteiger charge is -2.17. The summed E-state index contributed by atoms with van der Waals surface area (Å²) in [4.78, 5) is 26.3. The lowest BCUT2D eigenvalue weighted by molar-refractivity contribution is 1.06. The molecule has 0 aliphatic carbocycles. The smallest absolute Gasteiger partial charge is 0.166 e. The van der Waals surface area contributed by atoms with Crippen LogP contribution in [-0.2, 0) is 0 Å². The van der Waals surface area contributed by atoms with Crippen molar-refractivity contribution in [2.24, 2.45) is 0 Å². The zero-order valence-corrected chi connectivity index (χ0v) is 36.3. The van der Waals surface area contributed by atoms with Gasteiger partial charge in [0.05, 0.1) is 28.1 Å². The Hall–Kier alpha value is -9.13. The number of benzene rings is 9. The van der Waals surface area contributed by atoms with Crippen LogP contribution in [0.4, 0.5) is 0 Å². The molecule has 0 saturated carbocycles. The van der Waals surface area contributed by atoms with Crippen molar-refractivity contribution in [2.45, 2.75) is 0 Å². The Labute approximate surface area is 388 Å². The molecule has 67 heavy (non-hydrogen) atoms. The van der Waals surface area contributed by atoms with E-state index >= 15 is 0 Å². The minimum atomic E-state index is 0.531. The standard InChI is InChI=1S/C61H40N6/c1-7-19-41(20-8-1)47-31-34-55-50(37-47)51-38-48(42-21-9-2-10-22-42)32-35-56(51)67(55)57-36-33-49(60-62-53(43-23-11-3-12-24-43)40-54(63-60)44-25-13-4-14-26-44)39-52(57)61-65-58(45-27-15-5-16-28-45)64-59(66-61)46-29-17-6-18-30-46/h1-40H. The van der Waals surface area contributed by atoms with Gasteiger partial charge < -0.3 is 4.57 Å². The molecule has 6 nitrogen and oxygen atoms in total. The van der Waals surface area contributed by atoms with Crippen LogP contribution in [0.1, 0.15) is 0 Å². The number of hydrogen-bond acceptors (Lipinski definition) is 5.